The van der Waals surface area contributed by atoms with Crippen molar-refractivity contribution >= 4 is 11.3 Å². The molecule has 0 aliphatic carbocycles. The number of nitrogens with zero attached hydrogens (tertiary/aromatic N) is 3. The number of aromatic nitrogens is 1. The molecular weight excluding hydrogens is 256 g/mol. The second-order valence-electron chi connectivity index (χ2n) is 5.73. The van der Waals surface area contributed by atoms with E-state index in [0.29, 0.717) is 6.04 Å². The fourth-order valence-corrected chi connectivity index (χ4v) is 4.03. The molecule has 0 radical (unpaired) electrons. The average molecular weight is 280 g/mol. The summed E-state index contributed by atoms with van der Waals surface area (Å²) in [6, 6.07) is 1.26. The van der Waals surface area contributed by atoms with Crippen LogP contribution in [0.3, 0.4) is 0 Å². The number of hydrogen-bond donors (Lipinski definition) is 1. The van der Waals surface area contributed by atoms with Gasteiger partial charge in [-0.3, -0.25) is 9.80 Å². The first kappa shape index (κ1) is 13.5. The highest BCUT2D eigenvalue weighted by Gasteiger charge is 2.30. The summed E-state index contributed by atoms with van der Waals surface area (Å²) < 4.78 is 0. The third-order valence-electron chi connectivity index (χ3n) is 4.51. The van der Waals surface area contributed by atoms with Crippen molar-refractivity contribution in [2.24, 2.45) is 0 Å². The maximum atomic E-state index is 4.72. The van der Waals surface area contributed by atoms with Crippen LogP contribution in [0, 0.1) is 13.8 Å². The maximum Gasteiger partial charge on any atom is 0.0900 e. The Balaban J connectivity index is 1.59. The molecule has 0 amide bonds. The molecule has 1 N–H and O–H groups in total. The minimum Gasteiger partial charge on any atom is -0.314 e. The second kappa shape index (κ2) is 5.48. The number of piperazine rings is 1. The van der Waals surface area contributed by atoms with Crippen molar-refractivity contribution in [3.8, 4) is 0 Å². The van der Waals surface area contributed by atoms with E-state index in [0.717, 1.165) is 6.04 Å². The van der Waals surface area contributed by atoms with Crippen LogP contribution in [0.25, 0.3) is 0 Å². The Morgan fingerprint density at radius 3 is 2.37 bits per heavy atom. The van der Waals surface area contributed by atoms with Gasteiger partial charge in [0.25, 0.3) is 0 Å². The van der Waals surface area contributed by atoms with Crippen LogP contribution in [0.2, 0.25) is 0 Å². The number of rotatable bonds is 3. The van der Waals surface area contributed by atoms with E-state index in [9.17, 15) is 0 Å². The van der Waals surface area contributed by atoms with Gasteiger partial charge in [-0.25, -0.2) is 4.98 Å². The van der Waals surface area contributed by atoms with Crippen molar-refractivity contribution in [3.05, 3.63) is 15.6 Å². The molecule has 0 saturated carbocycles. The first-order chi connectivity index (χ1) is 9.15. The summed E-state index contributed by atoms with van der Waals surface area (Å²) in [7, 11) is 0. The molecule has 4 nitrogen and oxygen atoms in total. The fraction of sp³-hybridized carbons (Fsp3) is 0.786. The molecule has 2 aliphatic heterocycles. The number of aryl methyl sites for hydroxylation is 2. The van der Waals surface area contributed by atoms with Gasteiger partial charge in [0.2, 0.25) is 0 Å². The van der Waals surface area contributed by atoms with Crippen molar-refractivity contribution in [2.45, 2.75) is 32.9 Å². The fourth-order valence-electron chi connectivity index (χ4n) is 3.13. The monoisotopic (exact) mass is 280 g/mol. The Kier molecular flexibility index (Phi) is 3.89. The minimum absolute atomic E-state index is 0.464. The Morgan fingerprint density at radius 1 is 1.21 bits per heavy atom. The van der Waals surface area contributed by atoms with E-state index in [2.05, 4.69) is 35.9 Å². The van der Waals surface area contributed by atoms with E-state index in [1.165, 1.54) is 54.8 Å². The quantitative estimate of drug-likeness (QED) is 0.907. The van der Waals surface area contributed by atoms with Gasteiger partial charge in [-0.15, -0.1) is 11.3 Å². The molecule has 19 heavy (non-hydrogen) atoms. The molecule has 2 aliphatic rings. The first-order valence-corrected chi connectivity index (χ1v) is 8.09. The zero-order valence-electron chi connectivity index (χ0n) is 12.1. The van der Waals surface area contributed by atoms with Gasteiger partial charge in [-0.05, 0) is 20.8 Å². The third kappa shape index (κ3) is 2.70. The van der Waals surface area contributed by atoms with E-state index in [-0.39, 0.29) is 0 Å². The van der Waals surface area contributed by atoms with Crippen molar-refractivity contribution in [2.75, 3.05) is 39.3 Å². The molecule has 0 bridgehead atoms. The van der Waals surface area contributed by atoms with E-state index >= 15 is 0 Å². The molecule has 3 rings (SSSR count). The molecule has 3 heterocycles. The average Bonchev–Trinajstić information content (AvgIpc) is 2.66. The molecule has 5 heteroatoms. The van der Waals surface area contributed by atoms with Crippen LogP contribution >= 0.6 is 11.3 Å². The van der Waals surface area contributed by atoms with Gasteiger partial charge >= 0.3 is 0 Å². The summed E-state index contributed by atoms with van der Waals surface area (Å²) in [6.07, 6.45) is 0. The molecular formula is C14H24N4S. The number of nitrogens with one attached hydrogen (secondary N) is 1. The largest absolute Gasteiger partial charge is 0.314 e. The Labute approximate surface area is 119 Å². The summed E-state index contributed by atoms with van der Waals surface area (Å²) in [5, 5.41) is 4.56. The van der Waals surface area contributed by atoms with Crippen LogP contribution in [0.4, 0.5) is 0 Å². The summed E-state index contributed by atoms with van der Waals surface area (Å²) in [4.78, 5) is 11.3. The highest BCUT2D eigenvalue weighted by atomic mass is 32.1. The molecule has 2 fully saturated rings. The lowest BCUT2D eigenvalue weighted by Gasteiger charge is -2.44. The van der Waals surface area contributed by atoms with Crippen LogP contribution in [-0.2, 0) is 0 Å². The highest BCUT2D eigenvalue weighted by molar-refractivity contribution is 7.11. The lowest BCUT2D eigenvalue weighted by molar-refractivity contribution is 0.0543. The Bertz CT molecular complexity index is 433. The van der Waals surface area contributed by atoms with Crippen LogP contribution in [0.15, 0.2) is 0 Å². The maximum absolute atomic E-state index is 4.72. The summed E-state index contributed by atoms with van der Waals surface area (Å²) in [5.74, 6) is 0. The van der Waals surface area contributed by atoms with Gasteiger partial charge in [0.15, 0.2) is 0 Å². The predicted octanol–water partition coefficient (Wildman–Crippen LogP) is 1.41. The normalized spacial score (nSPS) is 24.4. The molecule has 106 valence electrons. The van der Waals surface area contributed by atoms with Crippen LogP contribution in [0.5, 0.6) is 0 Å². The van der Waals surface area contributed by atoms with Crippen molar-refractivity contribution in [1.82, 2.24) is 20.1 Å². The van der Waals surface area contributed by atoms with Gasteiger partial charge in [-0.1, -0.05) is 0 Å². The number of hydrogen-bond acceptors (Lipinski definition) is 5. The Hall–Kier alpha value is -0.490. The Morgan fingerprint density at radius 2 is 1.89 bits per heavy atom. The van der Waals surface area contributed by atoms with Crippen LogP contribution < -0.4 is 5.32 Å². The van der Waals surface area contributed by atoms with E-state index < -0.39 is 0 Å². The number of thiazole rings is 1. The lowest BCUT2D eigenvalue weighted by atomic mass is 10.1. The van der Waals surface area contributed by atoms with Crippen molar-refractivity contribution in [3.63, 3.8) is 0 Å². The zero-order chi connectivity index (χ0) is 13.4. The van der Waals surface area contributed by atoms with Crippen molar-refractivity contribution < 1.29 is 0 Å². The molecule has 1 aromatic heterocycles. The summed E-state index contributed by atoms with van der Waals surface area (Å²) in [5.41, 5.74) is 1.29. The summed E-state index contributed by atoms with van der Waals surface area (Å²) >= 11 is 1.82. The van der Waals surface area contributed by atoms with Gasteiger partial charge in [0.05, 0.1) is 16.7 Å². The summed E-state index contributed by atoms with van der Waals surface area (Å²) in [6.45, 7) is 13.7. The van der Waals surface area contributed by atoms with Gasteiger partial charge in [0.1, 0.15) is 0 Å². The van der Waals surface area contributed by atoms with Gasteiger partial charge in [-0.2, -0.15) is 0 Å². The highest BCUT2D eigenvalue weighted by Crippen LogP contribution is 2.27. The van der Waals surface area contributed by atoms with Crippen molar-refractivity contribution in [1.29, 1.82) is 0 Å². The lowest BCUT2D eigenvalue weighted by Crippen LogP contribution is -2.61. The van der Waals surface area contributed by atoms with Gasteiger partial charge in [0, 0.05) is 50.2 Å². The topological polar surface area (TPSA) is 31.4 Å². The molecule has 0 aromatic carbocycles. The standard InChI is InChI=1S/C14H24N4S/c1-10(14-11(2)19-12(3)16-14)17-4-6-18(7-5-17)13-8-15-9-13/h10,13,15H,4-9H2,1-3H3. The minimum atomic E-state index is 0.464. The van der Waals surface area contributed by atoms with E-state index in [1.807, 2.05) is 11.3 Å². The molecule has 0 spiro atoms. The molecule has 1 aromatic rings. The zero-order valence-corrected chi connectivity index (χ0v) is 13.0. The molecule has 1 unspecified atom stereocenters. The SMILES string of the molecule is Cc1nc(C(C)N2CCN(C3CNC3)CC2)c(C)s1. The van der Waals surface area contributed by atoms with E-state index in [4.69, 9.17) is 4.98 Å². The predicted molar refractivity (Wildman–Crippen MR) is 79.8 cm³/mol. The second-order valence-corrected chi connectivity index (χ2v) is 7.14. The van der Waals surface area contributed by atoms with E-state index in [1.54, 1.807) is 0 Å². The molecule has 1 atom stereocenters. The molecule has 2 saturated heterocycles. The van der Waals surface area contributed by atoms with Crippen LogP contribution in [0.1, 0.15) is 28.5 Å². The third-order valence-corrected chi connectivity index (χ3v) is 5.41. The van der Waals surface area contributed by atoms with Gasteiger partial charge < -0.3 is 5.32 Å². The first-order valence-electron chi connectivity index (χ1n) is 7.28. The van der Waals surface area contributed by atoms with Crippen LogP contribution in [-0.4, -0.2) is 60.1 Å². The smallest absolute Gasteiger partial charge is 0.0900 e.